The van der Waals surface area contributed by atoms with Gasteiger partial charge in [0.25, 0.3) is 0 Å². The summed E-state index contributed by atoms with van der Waals surface area (Å²) in [6, 6.07) is 0. The second-order valence-electron chi connectivity index (χ2n) is 14.3. The number of allylic oxidation sites excluding steroid dienone is 1. The molecule has 0 aromatic heterocycles. The summed E-state index contributed by atoms with van der Waals surface area (Å²) in [5.41, 5.74) is 0.791. The average Bonchev–Trinajstić information content (AvgIpc) is 3.62. The Bertz CT molecular complexity index is 1050. The zero-order chi connectivity index (χ0) is 30.5. The predicted molar refractivity (Wildman–Crippen MR) is 155 cm³/mol. The van der Waals surface area contributed by atoms with Gasteiger partial charge >= 0.3 is 5.97 Å². The van der Waals surface area contributed by atoms with Crippen LogP contribution < -0.4 is 0 Å². The lowest BCUT2D eigenvalue weighted by Gasteiger charge is -2.42. The van der Waals surface area contributed by atoms with Gasteiger partial charge in [-0.3, -0.25) is 4.79 Å². The predicted octanol–water partition coefficient (Wildman–Crippen LogP) is 3.45. The van der Waals surface area contributed by atoms with Crippen molar-refractivity contribution in [3.63, 3.8) is 0 Å². The van der Waals surface area contributed by atoms with Gasteiger partial charge in [-0.05, 0) is 37.5 Å². The Labute approximate surface area is 254 Å². The second kappa shape index (κ2) is 12.4. The maximum atomic E-state index is 13.3. The van der Waals surface area contributed by atoms with Gasteiger partial charge in [-0.2, -0.15) is 0 Å². The van der Waals surface area contributed by atoms with Crippen LogP contribution in [0, 0.1) is 11.8 Å². The van der Waals surface area contributed by atoms with E-state index >= 15 is 0 Å². The molecule has 0 saturated carbocycles. The number of aliphatic hydroxyl groups is 3. The Morgan fingerprint density at radius 3 is 2.42 bits per heavy atom. The zero-order valence-corrected chi connectivity index (χ0v) is 25.8. The summed E-state index contributed by atoms with van der Waals surface area (Å²) < 4.78 is 37.3. The van der Waals surface area contributed by atoms with E-state index < -0.39 is 54.2 Å². The van der Waals surface area contributed by atoms with E-state index in [1.165, 1.54) is 0 Å². The fourth-order valence-corrected chi connectivity index (χ4v) is 8.44. The minimum absolute atomic E-state index is 0.0190. The van der Waals surface area contributed by atoms with E-state index in [2.05, 4.69) is 39.5 Å². The van der Waals surface area contributed by atoms with Crippen LogP contribution in [-0.2, 0) is 33.2 Å². The van der Waals surface area contributed by atoms with E-state index in [4.69, 9.17) is 28.4 Å². The molecule has 7 aliphatic rings. The highest BCUT2D eigenvalue weighted by Crippen LogP contribution is 2.44. The third-order valence-corrected chi connectivity index (χ3v) is 10.1. The fourth-order valence-electron chi connectivity index (χ4n) is 8.44. The molecule has 7 aliphatic heterocycles. The highest BCUT2D eigenvalue weighted by molar-refractivity contribution is 5.70. The van der Waals surface area contributed by atoms with Crippen LogP contribution in [-0.4, -0.2) is 93.9 Å². The van der Waals surface area contributed by atoms with Gasteiger partial charge in [0.1, 0.15) is 12.2 Å². The first-order valence-corrected chi connectivity index (χ1v) is 16.4. The van der Waals surface area contributed by atoms with Crippen molar-refractivity contribution in [2.75, 3.05) is 0 Å². The molecule has 14 atom stereocenters. The molecule has 3 N–H and O–H groups in total. The minimum Gasteiger partial charge on any atom is -0.459 e. The number of hydrogen-bond donors (Lipinski definition) is 3. The van der Waals surface area contributed by atoms with Crippen molar-refractivity contribution < 1.29 is 48.5 Å². The number of carbonyl (C=O) groups is 1. The Morgan fingerprint density at radius 2 is 1.65 bits per heavy atom. The van der Waals surface area contributed by atoms with Crippen LogP contribution in [0.15, 0.2) is 24.3 Å². The van der Waals surface area contributed by atoms with E-state index in [9.17, 15) is 20.1 Å². The maximum Gasteiger partial charge on any atom is 0.311 e. The van der Waals surface area contributed by atoms with Gasteiger partial charge in [0.2, 0.25) is 0 Å². The molecule has 43 heavy (non-hydrogen) atoms. The Balaban J connectivity index is 1.23. The van der Waals surface area contributed by atoms with Gasteiger partial charge in [0.05, 0.1) is 55.3 Å². The van der Waals surface area contributed by atoms with Gasteiger partial charge in [-0.25, -0.2) is 0 Å². The Morgan fingerprint density at radius 1 is 0.860 bits per heavy atom. The summed E-state index contributed by atoms with van der Waals surface area (Å²) in [6.07, 6.45) is 4.82. The largest absolute Gasteiger partial charge is 0.459 e. The molecule has 0 amide bonds. The van der Waals surface area contributed by atoms with Crippen LogP contribution in [0.1, 0.15) is 91.4 Å². The smallest absolute Gasteiger partial charge is 0.311 e. The van der Waals surface area contributed by atoms with Gasteiger partial charge in [0, 0.05) is 38.5 Å². The van der Waals surface area contributed by atoms with Gasteiger partial charge < -0.3 is 43.7 Å². The summed E-state index contributed by atoms with van der Waals surface area (Å²) in [6.45, 7) is 10.6. The molecule has 8 bridgehead atoms. The fraction of sp³-hybridized carbons (Fsp3) is 0.848. The molecule has 7 fully saturated rings. The summed E-state index contributed by atoms with van der Waals surface area (Å²) in [5.74, 6) is -3.25. The summed E-state index contributed by atoms with van der Waals surface area (Å²) in [7, 11) is 0. The molecule has 7 saturated heterocycles. The highest BCUT2D eigenvalue weighted by Gasteiger charge is 2.55. The lowest BCUT2D eigenvalue weighted by Crippen LogP contribution is -2.46. The lowest BCUT2D eigenvalue weighted by atomic mass is 9.85. The highest BCUT2D eigenvalue weighted by atomic mass is 16.7. The van der Waals surface area contributed by atoms with Crippen LogP contribution in [0.25, 0.3) is 0 Å². The topological polar surface area (TPSA) is 133 Å². The van der Waals surface area contributed by atoms with Crippen LogP contribution in [0.5, 0.6) is 0 Å². The average molecular weight is 607 g/mol. The SMILES string of the molecule is C=C1CC2CC(OC(=O)CC3(O)CC4OC(CC4O3)C(O)CC3CC(C)CC(O)(C1)O3)C(C1OC(C=CCC)CC1C)O2. The van der Waals surface area contributed by atoms with E-state index in [1.807, 2.05) is 0 Å². The quantitative estimate of drug-likeness (QED) is 0.324. The van der Waals surface area contributed by atoms with Crippen LogP contribution in [0.3, 0.4) is 0 Å². The monoisotopic (exact) mass is 606 g/mol. The Kier molecular flexibility index (Phi) is 9.14. The van der Waals surface area contributed by atoms with Gasteiger partial charge in [-0.15, -0.1) is 0 Å². The molecule has 0 aliphatic carbocycles. The summed E-state index contributed by atoms with van der Waals surface area (Å²) in [4.78, 5) is 13.3. The lowest BCUT2D eigenvalue weighted by molar-refractivity contribution is -0.268. The molecular formula is C33H50O10. The van der Waals surface area contributed by atoms with Crippen molar-refractivity contribution in [1.29, 1.82) is 0 Å². The zero-order valence-electron chi connectivity index (χ0n) is 25.8. The number of esters is 1. The first-order valence-electron chi connectivity index (χ1n) is 16.4. The molecule has 0 aromatic rings. The van der Waals surface area contributed by atoms with E-state index in [0.717, 1.165) is 24.8 Å². The van der Waals surface area contributed by atoms with Crippen molar-refractivity contribution in [1.82, 2.24) is 0 Å². The number of aliphatic hydroxyl groups excluding tert-OH is 1. The molecule has 10 heteroatoms. The number of carbonyl (C=O) groups excluding carboxylic acids is 1. The number of hydrogen-bond acceptors (Lipinski definition) is 10. The van der Waals surface area contributed by atoms with Crippen LogP contribution >= 0.6 is 0 Å². The van der Waals surface area contributed by atoms with E-state index in [1.54, 1.807) is 0 Å². The van der Waals surface area contributed by atoms with Crippen molar-refractivity contribution in [2.24, 2.45) is 11.8 Å². The molecule has 0 radical (unpaired) electrons. The third kappa shape index (κ3) is 7.07. The third-order valence-electron chi connectivity index (χ3n) is 10.1. The normalized spacial score (nSPS) is 51.0. The second-order valence-corrected chi connectivity index (χ2v) is 14.3. The maximum absolute atomic E-state index is 13.3. The van der Waals surface area contributed by atoms with Crippen LogP contribution in [0.4, 0.5) is 0 Å². The summed E-state index contributed by atoms with van der Waals surface area (Å²) in [5, 5.41) is 33.8. The van der Waals surface area contributed by atoms with Crippen molar-refractivity contribution in [3.05, 3.63) is 24.3 Å². The number of ether oxygens (including phenoxy) is 6. The van der Waals surface area contributed by atoms with Crippen molar-refractivity contribution >= 4 is 5.97 Å². The molecule has 7 heterocycles. The first-order chi connectivity index (χ1) is 20.4. The molecule has 242 valence electrons. The first kappa shape index (κ1) is 31.6. The van der Waals surface area contributed by atoms with Crippen LogP contribution in [0.2, 0.25) is 0 Å². The van der Waals surface area contributed by atoms with Gasteiger partial charge in [-0.1, -0.05) is 45.1 Å². The summed E-state index contributed by atoms with van der Waals surface area (Å²) >= 11 is 0. The standard InChI is InChI=1S/C33H50O10/c1-5-6-7-21-10-20(4)30(38-21)31-27-12-22(39-31)8-18(2)14-32(36)15-19(3)9-23(42-32)11-24(34)25-13-26-28(40-25)16-33(37,43-26)17-29(35)41-27/h6-7,19-28,30-31,34,36-37H,2,5,8-17H2,1,3-4H3. The van der Waals surface area contributed by atoms with Crippen molar-refractivity contribution in [2.45, 2.75) is 164 Å². The minimum atomic E-state index is -1.69. The molecule has 10 nitrogen and oxygen atoms in total. The van der Waals surface area contributed by atoms with E-state index in [-0.39, 0.29) is 55.5 Å². The van der Waals surface area contributed by atoms with Crippen molar-refractivity contribution in [3.8, 4) is 0 Å². The molecular weight excluding hydrogens is 556 g/mol. The van der Waals surface area contributed by atoms with Gasteiger partial charge in [0.15, 0.2) is 11.6 Å². The molecule has 0 spiro atoms. The number of fused-ring (bicyclic) bond motifs is 5. The molecule has 14 unspecified atom stereocenters. The van der Waals surface area contributed by atoms with E-state index in [0.29, 0.717) is 32.1 Å². The molecule has 0 aromatic carbocycles. The number of rotatable bonds is 3. The Hall–Kier alpha value is -1.37. The molecule has 7 rings (SSSR count).